The summed E-state index contributed by atoms with van der Waals surface area (Å²) >= 11 is 0. The molecule has 0 aliphatic rings. The van der Waals surface area contributed by atoms with Crippen LogP contribution in [0.25, 0.3) is 0 Å². The number of nitro benzene ring substituents is 1. The predicted octanol–water partition coefficient (Wildman–Crippen LogP) is 1.84. The molecule has 2 aromatic rings. The van der Waals surface area contributed by atoms with Gasteiger partial charge in [0.15, 0.2) is 23.4 Å². The van der Waals surface area contributed by atoms with Crippen molar-refractivity contribution in [2.24, 2.45) is 0 Å². The maximum Gasteiger partial charge on any atom is 0.310 e. The van der Waals surface area contributed by atoms with Gasteiger partial charge in [-0.05, 0) is 31.2 Å². The molecule has 0 radical (unpaired) electrons. The quantitative estimate of drug-likeness (QED) is 0.546. The molecular formula is C18H19N3O7. The van der Waals surface area contributed by atoms with E-state index in [9.17, 15) is 19.7 Å². The van der Waals surface area contributed by atoms with Crippen LogP contribution >= 0.6 is 0 Å². The van der Waals surface area contributed by atoms with Crippen molar-refractivity contribution >= 4 is 17.5 Å². The summed E-state index contributed by atoms with van der Waals surface area (Å²) in [5.74, 6) is -0.523. The van der Waals surface area contributed by atoms with Gasteiger partial charge in [0, 0.05) is 11.6 Å². The van der Waals surface area contributed by atoms with E-state index in [0.717, 1.165) is 0 Å². The molecule has 2 N–H and O–H groups in total. The van der Waals surface area contributed by atoms with Crippen molar-refractivity contribution in [3.8, 4) is 17.2 Å². The highest BCUT2D eigenvalue weighted by atomic mass is 16.6. The average Bonchev–Trinajstić information content (AvgIpc) is 2.71. The molecule has 0 heterocycles. The second-order valence-corrected chi connectivity index (χ2v) is 5.50. The molecule has 1 atom stereocenters. The first-order valence-corrected chi connectivity index (χ1v) is 8.09. The molecule has 0 spiro atoms. The Morgan fingerprint density at radius 1 is 1.00 bits per heavy atom. The van der Waals surface area contributed by atoms with Crippen LogP contribution in [-0.2, 0) is 4.79 Å². The normalized spacial score (nSPS) is 11.1. The minimum absolute atomic E-state index is 0.0543. The van der Waals surface area contributed by atoms with Gasteiger partial charge in [-0.3, -0.25) is 30.6 Å². The zero-order valence-corrected chi connectivity index (χ0v) is 15.4. The molecule has 0 fully saturated rings. The summed E-state index contributed by atoms with van der Waals surface area (Å²) in [6, 6.07) is 10.2. The topological polar surface area (TPSA) is 129 Å². The van der Waals surface area contributed by atoms with Gasteiger partial charge in [-0.1, -0.05) is 12.1 Å². The Bertz CT molecular complexity index is 885. The summed E-state index contributed by atoms with van der Waals surface area (Å²) < 4.78 is 15.5. The minimum Gasteiger partial charge on any atom is -0.493 e. The van der Waals surface area contributed by atoms with Crippen LogP contribution in [0.15, 0.2) is 42.5 Å². The van der Waals surface area contributed by atoms with E-state index in [4.69, 9.17) is 14.2 Å². The van der Waals surface area contributed by atoms with Gasteiger partial charge in [-0.2, -0.15) is 0 Å². The van der Waals surface area contributed by atoms with E-state index in [1.165, 1.54) is 51.5 Å². The number of carbonyl (C=O) groups excluding carboxylic acids is 2. The first-order chi connectivity index (χ1) is 13.4. The Kier molecular flexibility index (Phi) is 6.74. The van der Waals surface area contributed by atoms with Crippen LogP contribution in [0.1, 0.15) is 17.3 Å². The van der Waals surface area contributed by atoms with Gasteiger partial charge in [0.05, 0.1) is 19.1 Å². The van der Waals surface area contributed by atoms with Crippen LogP contribution in [0.3, 0.4) is 0 Å². The van der Waals surface area contributed by atoms with Crippen molar-refractivity contribution in [3.05, 3.63) is 58.1 Å². The SMILES string of the molecule is COc1ccc(C(=O)NNC(=O)[C@H](C)Oc2ccccc2[N+](=O)[O-])cc1OC. The van der Waals surface area contributed by atoms with E-state index >= 15 is 0 Å². The maximum atomic E-state index is 12.2. The summed E-state index contributed by atoms with van der Waals surface area (Å²) in [6.07, 6.45) is -1.09. The number of hydrazine groups is 1. The third-order valence-electron chi connectivity index (χ3n) is 3.68. The minimum atomic E-state index is -1.09. The van der Waals surface area contributed by atoms with Crippen molar-refractivity contribution in [3.63, 3.8) is 0 Å². The van der Waals surface area contributed by atoms with Gasteiger partial charge < -0.3 is 14.2 Å². The third-order valence-corrected chi connectivity index (χ3v) is 3.68. The van der Waals surface area contributed by atoms with Gasteiger partial charge in [0.2, 0.25) is 0 Å². The molecule has 0 bridgehead atoms. The number of benzene rings is 2. The molecule has 2 amide bonds. The van der Waals surface area contributed by atoms with E-state index in [1.54, 1.807) is 12.1 Å². The molecule has 0 unspecified atom stereocenters. The molecule has 0 saturated heterocycles. The standard InChI is InChI=1S/C18H19N3O7/c1-11(28-14-7-5-4-6-13(14)21(24)25)17(22)19-20-18(23)12-8-9-15(26-2)16(10-12)27-3/h4-11H,1-3H3,(H,19,22)(H,20,23)/t11-/m0/s1. The fourth-order valence-electron chi connectivity index (χ4n) is 2.22. The monoisotopic (exact) mass is 389 g/mol. The highest BCUT2D eigenvalue weighted by molar-refractivity contribution is 5.96. The van der Waals surface area contributed by atoms with E-state index in [0.29, 0.717) is 11.5 Å². The van der Waals surface area contributed by atoms with Crippen LogP contribution in [0.2, 0.25) is 0 Å². The summed E-state index contributed by atoms with van der Waals surface area (Å²) in [7, 11) is 2.90. The molecule has 0 saturated carbocycles. The number of ether oxygens (including phenoxy) is 3. The number of hydrogen-bond donors (Lipinski definition) is 2. The number of nitro groups is 1. The molecule has 0 aliphatic heterocycles. The van der Waals surface area contributed by atoms with E-state index in [2.05, 4.69) is 10.9 Å². The Labute approximate surface area is 160 Å². The summed E-state index contributed by atoms with van der Waals surface area (Å²) in [5.41, 5.74) is 4.41. The number of amides is 2. The Morgan fingerprint density at radius 3 is 2.32 bits per heavy atom. The van der Waals surface area contributed by atoms with Gasteiger partial charge >= 0.3 is 5.69 Å². The lowest BCUT2D eigenvalue weighted by Gasteiger charge is -2.15. The fraction of sp³-hybridized carbons (Fsp3) is 0.222. The largest absolute Gasteiger partial charge is 0.493 e. The van der Waals surface area contributed by atoms with Crippen molar-refractivity contribution < 1.29 is 28.7 Å². The van der Waals surface area contributed by atoms with Gasteiger partial charge in [-0.25, -0.2) is 0 Å². The zero-order chi connectivity index (χ0) is 20.7. The van der Waals surface area contributed by atoms with Crippen LogP contribution in [0, 0.1) is 10.1 Å². The summed E-state index contributed by atoms with van der Waals surface area (Å²) in [5, 5.41) is 11.0. The van der Waals surface area contributed by atoms with Crippen molar-refractivity contribution in [2.75, 3.05) is 14.2 Å². The molecule has 2 aromatic carbocycles. The van der Waals surface area contributed by atoms with Gasteiger partial charge in [-0.15, -0.1) is 0 Å². The Hall–Kier alpha value is -3.82. The lowest BCUT2D eigenvalue weighted by Crippen LogP contribution is -2.47. The predicted molar refractivity (Wildman–Crippen MR) is 98.3 cm³/mol. The number of carbonyl (C=O) groups is 2. The van der Waals surface area contributed by atoms with E-state index in [-0.39, 0.29) is 17.0 Å². The van der Waals surface area contributed by atoms with Gasteiger partial charge in [0.1, 0.15) is 0 Å². The van der Waals surface area contributed by atoms with Crippen molar-refractivity contribution in [1.82, 2.24) is 10.9 Å². The third kappa shape index (κ3) is 4.87. The molecule has 28 heavy (non-hydrogen) atoms. The van der Waals surface area contributed by atoms with Gasteiger partial charge in [0.25, 0.3) is 11.8 Å². The second-order valence-electron chi connectivity index (χ2n) is 5.50. The zero-order valence-electron chi connectivity index (χ0n) is 15.4. The number of para-hydroxylation sites is 2. The summed E-state index contributed by atoms with van der Waals surface area (Å²) in [4.78, 5) is 34.7. The molecule has 0 aromatic heterocycles. The van der Waals surface area contributed by atoms with Crippen LogP contribution in [0.4, 0.5) is 5.69 Å². The molecular weight excluding hydrogens is 370 g/mol. The first-order valence-electron chi connectivity index (χ1n) is 8.09. The molecule has 10 nitrogen and oxygen atoms in total. The summed E-state index contributed by atoms with van der Waals surface area (Å²) in [6.45, 7) is 1.40. The number of hydrogen-bond acceptors (Lipinski definition) is 7. The van der Waals surface area contributed by atoms with Crippen LogP contribution in [0.5, 0.6) is 17.2 Å². The van der Waals surface area contributed by atoms with Crippen molar-refractivity contribution in [2.45, 2.75) is 13.0 Å². The highest BCUT2D eigenvalue weighted by Gasteiger charge is 2.21. The van der Waals surface area contributed by atoms with Crippen molar-refractivity contribution in [1.29, 1.82) is 0 Å². The molecule has 2 rings (SSSR count). The Morgan fingerprint density at radius 2 is 1.68 bits per heavy atom. The lowest BCUT2D eigenvalue weighted by molar-refractivity contribution is -0.386. The number of nitrogens with zero attached hydrogens (tertiary/aromatic N) is 1. The highest BCUT2D eigenvalue weighted by Crippen LogP contribution is 2.28. The van der Waals surface area contributed by atoms with E-state index in [1.807, 2.05) is 0 Å². The van der Waals surface area contributed by atoms with Crippen LogP contribution < -0.4 is 25.1 Å². The molecule has 10 heteroatoms. The fourth-order valence-corrected chi connectivity index (χ4v) is 2.22. The van der Waals surface area contributed by atoms with Crippen LogP contribution in [-0.4, -0.2) is 37.1 Å². The number of rotatable bonds is 7. The maximum absolute atomic E-state index is 12.2. The first kappa shape index (κ1) is 20.5. The molecule has 148 valence electrons. The lowest BCUT2D eigenvalue weighted by atomic mass is 10.2. The Balaban J connectivity index is 1.98. The number of nitrogens with one attached hydrogen (secondary N) is 2. The number of methoxy groups -OCH3 is 2. The molecule has 0 aliphatic carbocycles. The smallest absolute Gasteiger partial charge is 0.310 e. The second kappa shape index (κ2) is 9.21. The average molecular weight is 389 g/mol. The van der Waals surface area contributed by atoms with E-state index < -0.39 is 22.8 Å².